The highest BCUT2D eigenvalue weighted by molar-refractivity contribution is 7.93. The molecular weight excluding hydrogens is 677 g/mol. The van der Waals surface area contributed by atoms with E-state index in [1.165, 1.54) is 24.3 Å². The molecule has 1 unspecified atom stereocenters. The van der Waals surface area contributed by atoms with E-state index >= 15 is 0 Å². The summed E-state index contributed by atoms with van der Waals surface area (Å²) in [6.07, 6.45) is 1.21. The Bertz CT molecular complexity index is 1910. The fraction of sp³-hybridized carbons (Fsp3) is 0.286. The normalized spacial score (nSPS) is 14.0. The standard InChI is InChI=1S/C35H35Cl2N3O7S/c1-2-3-7-32(35(43)44)40(48(45,46)29-20-26(36)19-27(37)21-29)28-12-13-30-25(18-28)5-4-6-31(30)33(41)38-22-23-8-10-24(11-9-23)34(42)39-14-16-47-17-15-39/h4-6,8-13,18-21,32H,2-3,7,14-17,22H2,1H3,(H,38,41)(H,43,44). The Morgan fingerprint density at radius 2 is 1.65 bits per heavy atom. The monoisotopic (exact) mass is 711 g/mol. The first-order valence-corrected chi connectivity index (χ1v) is 17.7. The number of amides is 2. The molecule has 1 aliphatic rings. The van der Waals surface area contributed by atoms with Gasteiger partial charge >= 0.3 is 5.97 Å². The molecule has 1 fully saturated rings. The second kappa shape index (κ2) is 15.4. The molecule has 5 rings (SSSR count). The molecule has 1 atom stereocenters. The van der Waals surface area contributed by atoms with Gasteiger partial charge in [0, 0.05) is 40.8 Å². The van der Waals surface area contributed by atoms with Crippen molar-refractivity contribution < 1.29 is 32.6 Å². The van der Waals surface area contributed by atoms with Crippen LogP contribution in [0.5, 0.6) is 0 Å². The molecule has 4 aromatic rings. The topological polar surface area (TPSA) is 133 Å². The van der Waals surface area contributed by atoms with Gasteiger partial charge in [0.25, 0.3) is 21.8 Å². The van der Waals surface area contributed by atoms with Crippen molar-refractivity contribution in [3.8, 4) is 0 Å². The number of carboxylic acid groups (broad SMARTS) is 1. The highest BCUT2D eigenvalue weighted by Crippen LogP contribution is 2.34. The van der Waals surface area contributed by atoms with Crippen LogP contribution in [0.3, 0.4) is 0 Å². The van der Waals surface area contributed by atoms with E-state index in [0.29, 0.717) is 61.0 Å². The molecule has 0 saturated carbocycles. The zero-order chi connectivity index (χ0) is 34.4. The Balaban J connectivity index is 1.41. The van der Waals surface area contributed by atoms with Crippen molar-refractivity contribution in [1.82, 2.24) is 10.2 Å². The Morgan fingerprint density at radius 1 is 0.958 bits per heavy atom. The van der Waals surface area contributed by atoms with Crippen molar-refractivity contribution >= 4 is 67.5 Å². The number of carbonyl (C=O) groups excluding carboxylic acids is 2. The third-order valence-electron chi connectivity index (χ3n) is 8.11. The molecule has 252 valence electrons. The lowest BCUT2D eigenvalue weighted by Gasteiger charge is -2.30. The van der Waals surface area contributed by atoms with Crippen LogP contribution in [0.15, 0.2) is 83.8 Å². The first kappa shape index (κ1) is 35.2. The molecule has 4 aromatic carbocycles. The number of anilines is 1. The number of nitrogens with one attached hydrogen (secondary N) is 1. The average molecular weight is 713 g/mol. The van der Waals surface area contributed by atoms with Crippen molar-refractivity contribution in [2.45, 2.75) is 43.7 Å². The average Bonchev–Trinajstić information content (AvgIpc) is 3.08. The van der Waals surface area contributed by atoms with Crippen LogP contribution in [0.1, 0.15) is 52.5 Å². The number of ether oxygens (including phenoxy) is 1. The molecule has 1 aliphatic heterocycles. The van der Waals surface area contributed by atoms with Crippen LogP contribution in [-0.2, 0) is 26.1 Å². The number of morpholine rings is 1. The minimum absolute atomic E-state index is 0.0632. The Labute approximate surface area is 289 Å². The van der Waals surface area contributed by atoms with E-state index in [-0.39, 0.29) is 45.4 Å². The summed E-state index contributed by atoms with van der Waals surface area (Å²) in [5, 5.41) is 14.4. The number of halogens is 2. The molecule has 1 heterocycles. The SMILES string of the molecule is CCCCC(C(=O)O)N(c1ccc2c(C(=O)NCc3ccc(C(=O)N4CCOCC4)cc3)cccc2c1)S(=O)(=O)c1cc(Cl)cc(Cl)c1. The number of fused-ring (bicyclic) bond motifs is 1. The van der Waals surface area contributed by atoms with Gasteiger partial charge in [-0.25, -0.2) is 13.2 Å². The van der Waals surface area contributed by atoms with Crippen molar-refractivity contribution in [2.24, 2.45) is 0 Å². The van der Waals surface area contributed by atoms with Crippen LogP contribution >= 0.6 is 23.2 Å². The van der Waals surface area contributed by atoms with Crippen molar-refractivity contribution in [2.75, 3.05) is 30.6 Å². The fourth-order valence-corrected chi connectivity index (χ4v) is 7.97. The highest BCUT2D eigenvalue weighted by Gasteiger charge is 2.36. The number of unbranched alkanes of at least 4 members (excludes halogenated alkanes) is 1. The number of hydrogen-bond donors (Lipinski definition) is 2. The molecule has 0 radical (unpaired) electrons. The minimum Gasteiger partial charge on any atom is -0.480 e. The summed E-state index contributed by atoms with van der Waals surface area (Å²) in [5.41, 5.74) is 1.84. The van der Waals surface area contributed by atoms with Gasteiger partial charge in [-0.15, -0.1) is 0 Å². The molecule has 10 nitrogen and oxygen atoms in total. The number of hydrogen-bond acceptors (Lipinski definition) is 6. The van der Waals surface area contributed by atoms with Gasteiger partial charge in [-0.3, -0.25) is 13.9 Å². The van der Waals surface area contributed by atoms with Gasteiger partial charge in [-0.05, 0) is 71.3 Å². The number of carbonyl (C=O) groups is 3. The molecule has 13 heteroatoms. The summed E-state index contributed by atoms with van der Waals surface area (Å²) in [5.74, 6) is -1.72. The molecular formula is C35H35Cl2N3O7S. The molecule has 0 spiro atoms. The van der Waals surface area contributed by atoms with Crippen LogP contribution < -0.4 is 9.62 Å². The Kier molecular flexibility index (Phi) is 11.3. The summed E-state index contributed by atoms with van der Waals surface area (Å²) in [6.45, 7) is 4.23. The van der Waals surface area contributed by atoms with Gasteiger partial charge in [0.15, 0.2) is 0 Å². The molecule has 2 N–H and O–H groups in total. The van der Waals surface area contributed by atoms with Crippen molar-refractivity contribution in [3.05, 3.63) is 106 Å². The van der Waals surface area contributed by atoms with Crippen LogP contribution in [0, 0.1) is 0 Å². The number of rotatable bonds is 12. The van der Waals surface area contributed by atoms with E-state index in [4.69, 9.17) is 27.9 Å². The molecule has 0 aromatic heterocycles. The van der Waals surface area contributed by atoms with E-state index in [9.17, 15) is 27.9 Å². The first-order chi connectivity index (χ1) is 23.0. The zero-order valence-corrected chi connectivity index (χ0v) is 28.5. The number of sulfonamides is 1. The minimum atomic E-state index is -4.45. The van der Waals surface area contributed by atoms with Gasteiger partial charge in [-0.2, -0.15) is 0 Å². The van der Waals surface area contributed by atoms with Gasteiger partial charge in [0.1, 0.15) is 6.04 Å². The lowest BCUT2D eigenvalue weighted by molar-refractivity contribution is -0.138. The highest BCUT2D eigenvalue weighted by atomic mass is 35.5. The maximum absolute atomic E-state index is 14.1. The maximum Gasteiger partial charge on any atom is 0.327 e. The smallest absolute Gasteiger partial charge is 0.327 e. The lowest BCUT2D eigenvalue weighted by Crippen LogP contribution is -2.45. The van der Waals surface area contributed by atoms with E-state index in [2.05, 4.69) is 5.32 Å². The zero-order valence-electron chi connectivity index (χ0n) is 26.2. The molecule has 0 aliphatic carbocycles. The Hall–Kier alpha value is -4.16. The van der Waals surface area contributed by atoms with Crippen molar-refractivity contribution in [3.63, 3.8) is 0 Å². The quantitative estimate of drug-likeness (QED) is 0.174. The molecule has 2 amide bonds. The second-order valence-electron chi connectivity index (χ2n) is 11.4. The summed E-state index contributed by atoms with van der Waals surface area (Å²) < 4.78 is 34.4. The summed E-state index contributed by atoms with van der Waals surface area (Å²) >= 11 is 12.3. The first-order valence-electron chi connectivity index (χ1n) is 15.5. The Morgan fingerprint density at radius 3 is 2.29 bits per heavy atom. The van der Waals surface area contributed by atoms with Gasteiger partial charge < -0.3 is 20.1 Å². The van der Waals surface area contributed by atoms with E-state index in [1.807, 2.05) is 6.92 Å². The maximum atomic E-state index is 14.1. The van der Waals surface area contributed by atoms with Crippen LogP contribution in [0.4, 0.5) is 5.69 Å². The van der Waals surface area contributed by atoms with Crippen LogP contribution in [-0.4, -0.2) is 68.6 Å². The predicted octanol–water partition coefficient (Wildman–Crippen LogP) is 6.39. The van der Waals surface area contributed by atoms with Crippen LogP contribution in [0.25, 0.3) is 10.8 Å². The van der Waals surface area contributed by atoms with E-state index in [1.54, 1.807) is 59.5 Å². The number of nitrogens with zero attached hydrogens (tertiary/aromatic N) is 2. The number of carboxylic acids is 1. The predicted molar refractivity (Wildman–Crippen MR) is 185 cm³/mol. The lowest BCUT2D eigenvalue weighted by atomic mass is 10.0. The third kappa shape index (κ3) is 7.92. The number of aliphatic carboxylic acids is 1. The molecule has 48 heavy (non-hydrogen) atoms. The van der Waals surface area contributed by atoms with Crippen LogP contribution in [0.2, 0.25) is 10.0 Å². The van der Waals surface area contributed by atoms with Crippen molar-refractivity contribution in [1.29, 1.82) is 0 Å². The van der Waals surface area contributed by atoms with Gasteiger partial charge in [-0.1, -0.05) is 73.3 Å². The van der Waals surface area contributed by atoms with Gasteiger partial charge in [0.05, 0.1) is 23.8 Å². The number of benzene rings is 4. The summed E-state index contributed by atoms with van der Waals surface area (Å²) in [6, 6.07) is 19.2. The summed E-state index contributed by atoms with van der Waals surface area (Å²) in [7, 11) is -4.45. The van der Waals surface area contributed by atoms with E-state index < -0.39 is 22.0 Å². The molecule has 1 saturated heterocycles. The third-order valence-corrected chi connectivity index (χ3v) is 10.4. The largest absolute Gasteiger partial charge is 0.480 e. The molecule has 0 bridgehead atoms. The van der Waals surface area contributed by atoms with Gasteiger partial charge in [0.2, 0.25) is 0 Å². The fourth-order valence-electron chi connectivity index (χ4n) is 5.61. The van der Waals surface area contributed by atoms with E-state index in [0.717, 1.165) is 9.87 Å². The summed E-state index contributed by atoms with van der Waals surface area (Å²) in [4.78, 5) is 40.1. The second-order valence-corrected chi connectivity index (χ2v) is 14.1.